The maximum absolute atomic E-state index is 11.8. The predicted octanol–water partition coefficient (Wildman–Crippen LogP) is 0.617. The Hall–Kier alpha value is -2.08. The van der Waals surface area contributed by atoms with Crippen molar-refractivity contribution in [2.45, 2.75) is 25.3 Å². The SMILES string of the molecule is CC(=O)N1CCC(N)(C(=O)O)c2ccc3c(c21)CCO3. The zero-order valence-corrected chi connectivity index (χ0v) is 11.2. The van der Waals surface area contributed by atoms with Crippen molar-refractivity contribution in [1.29, 1.82) is 0 Å². The molecule has 1 aromatic rings. The van der Waals surface area contributed by atoms with Gasteiger partial charge in [-0.3, -0.25) is 4.79 Å². The van der Waals surface area contributed by atoms with Crippen LogP contribution in [0.5, 0.6) is 5.75 Å². The van der Waals surface area contributed by atoms with Crippen molar-refractivity contribution >= 4 is 17.6 Å². The fourth-order valence-corrected chi connectivity index (χ4v) is 3.00. The Bertz CT molecular complexity index is 613. The zero-order chi connectivity index (χ0) is 14.5. The summed E-state index contributed by atoms with van der Waals surface area (Å²) in [6, 6.07) is 3.41. The zero-order valence-electron chi connectivity index (χ0n) is 11.2. The molecule has 0 aliphatic carbocycles. The molecule has 0 spiro atoms. The fourth-order valence-electron chi connectivity index (χ4n) is 3.00. The highest BCUT2D eigenvalue weighted by atomic mass is 16.5. The summed E-state index contributed by atoms with van der Waals surface area (Å²) in [4.78, 5) is 25.0. The summed E-state index contributed by atoms with van der Waals surface area (Å²) in [6.07, 6.45) is 0.868. The van der Waals surface area contributed by atoms with Gasteiger partial charge in [0.25, 0.3) is 0 Å². The number of carboxylic acids is 1. The van der Waals surface area contributed by atoms with Crippen LogP contribution in [-0.4, -0.2) is 30.1 Å². The predicted molar refractivity (Wildman–Crippen MR) is 71.8 cm³/mol. The van der Waals surface area contributed by atoms with Crippen molar-refractivity contribution in [2.75, 3.05) is 18.1 Å². The van der Waals surface area contributed by atoms with Gasteiger partial charge in [-0.2, -0.15) is 0 Å². The summed E-state index contributed by atoms with van der Waals surface area (Å²) in [5.74, 6) is -0.468. The molecule has 0 saturated heterocycles. The van der Waals surface area contributed by atoms with Gasteiger partial charge in [0.1, 0.15) is 11.3 Å². The maximum Gasteiger partial charge on any atom is 0.328 e. The smallest absolute Gasteiger partial charge is 0.328 e. The number of nitrogens with zero attached hydrogens (tertiary/aromatic N) is 1. The third kappa shape index (κ3) is 1.61. The summed E-state index contributed by atoms with van der Waals surface area (Å²) >= 11 is 0. The van der Waals surface area contributed by atoms with Crippen molar-refractivity contribution < 1.29 is 19.4 Å². The third-order valence-electron chi connectivity index (χ3n) is 4.09. The van der Waals surface area contributed by atoms with Gasteiger partial charge in [0.15, 0.2) is 0 Å². The second-order valence-electron chi connectivity index (χ2n) is 5.23. The van der Waals surface area contributed by atoms with Crippen LogP contribution in [0.4, 0.5) is 5.69 Å². The normalized spacial score (nSPS) is 23.8. The number of hydrogen-bond acceptors (Lipinski definition) is 4. The number of fused-ring (bicyclic) bond motifs is 3. The molecule has 20 heavy (non-hydrogen) atoms. The molecule has 0 saturated carbocycles. The number of amides is 1. The number of carbonyl (C=O) groups excluding carboxylic acids is 1. The van der Waals surface area contributed by atoms with Gasteiger partial charge in [-0.15, -0.1) is 0 Å². The molecular formula is C14H16N2O4. The Morgan fingerprint density at radius 3 is 2.85 bits per heavy atom. The van der Waals surface area contributed by atoms with Gasteiger partial charge >= 0.3 is 5.97 Å². The van der Waals surface area contributed by atoms with E-state index in [4.69, 9.17) is 10.5 Å². The largest absolute Gasteiger partial charge is 0.493 e. The molecule has 6 heteroatoms. The molecule has 0 fully saturated rings. The van der Waals surface area contributed by atoms with Crippen LogP contribution >= 0.6 is 0 Å². The van der Waals surface area contributed by atoms with Crippen LogP contribution in [0.25, 0.3) is 0 Å². The van der Waals surface area contributed by atoms with Crippen LogP contribution in [0, 0.1) is 0 Å². The van der Waals surface area contributed by atoms with Crippen LogP contribution in [0.3, 0.4) is 0 Å². The molecule has 1 amide bonds. The minimum absolute atomic E-state index is 0.112. The first kappa shape index (κ1) is 12.9. The molecule has 1 unspecified atom stereocenters. The lowest BCUT2D eigenvalue weighted by atomic mass is 9.81. The van der Waals surface area contributed by atoms with E-state index in [0.717, 1.165) is 5.56 Å². The molecule has 2 heterocycles. The summed E-state index contributed by atoms with van der Waals surface area (Å²) < 4.78 is 5.50. The van der Waals surface area contributed by atoms with Gasteiger partial charge in [0.2, 0.25) is 5.91 Å². The number of aliphatic carboxylic acids is 1. The first-order valence-electron chi connectivity index (χ1n) is 6.54. The maximum atomic E-state index is 11.8. The molecule has 0 bridgehead atoms. The van der Waals surface area contributed by atoms with E-state index in [9.17, 15) is 14.7 Å². The van der Waals surface area contributed by atoms with Gasteiger partial charge in [-0.05, 0) is 12.5 Å². The highest BCUT2D eigenvalue weighted by Gasteiger charge is 2.44. The van der Waals surface area contributed by atoms with Gasteiger partial charge < -0.3 is 20.5 Å². The number of carboxylic acid groups (broad SMARTS) is 1. The van der Waals surface area contributed by atoms with Crippen molar-refractivity contribution in [1.82, 2.24) is 0 Å². The van der Waals surface area contributed by atoms with Crippen LogP contribution in [0.1, 0.15) is 24.5 Å². The second-order valence-corrected chi connectivity index (χ2v) is 5.23. The molecule has 6 nitrogen and oxygen atoms in total. The van der Waals surface area contributed by atoms with E-state index < -0.39 is 11.5 Å². The standard InChI is InChI=1S/C14H16N2O4/c1-8(17)16-6-5-14(15,13(18)19)10-2-3-11-9(12(10)16)4-7-20-11/h2-3H,4-7,15H2,1H3,(H,18,19). The lowest BCUT2D eigenvalue weighted by Crippen LogP contribution is -2.52. The highest BCUT2D eigenvalue weighted by molar-refractivity contribution is 5.97. The minimum Gasteiger partial charge on any atom is -0.493 e. The highest BCUT2D eigenvalue weighted by Crippen LogP contribution is 2.44. The fraction of sp³-hybridized carbons (Fsp3) is 0.429. The van der Waals surface area contributed by atoms with Crippen molar-refractivity contribution in [3.8, 4) is 5.75 Å². The van der Waals surface area contributed by atoms with Crippen molar-refractivity contribution in [2.24, 2.45) is 5.73 Å². The van der Waals surface area contributed by atoms with Gasteiger partial charge in [0.05, 0.1) is 12.3 Å². The molecule has 1 aromatic carbocycles. The summed E-state index contributed by atoms with van der Waals surface area (Å²) in [7, 11) is 0. The quantitative estimate of drug-likeness (QED) is 0.784. The van der Waals surface area contributed by atoms with Gasteiger partial charge in [-0.1, -0.05) is 6.07 Å². The van der Waals surface area contributed by atoms with Crippen LogP contribution < -0.4 is 15.4 Å². The summed E-state index contributed by atoms with van der Waals surface area (Å²) in [5, 5.41) is 9.46. The lowest BCUT2D eigenvalue weighted by Gasteiger charge is -2.39. The van der Waals surface area contributed by atoms with Crippen molar-refractivity contribution in [3.63, 3.8) is 0 Å². The van der Waals surface area contributed by atoms with E-state index in [-0.39, 0.29) is 12.3 Å². The number of anilines is 1. The molecule has 1 atom stereocenters. The summed E-state index contributed by atoms with van der Waals surface area (Å²) in [6.45, 7) is 2.33. The van der Waals surface area contributed by atoms with Crippen LogP contribution in [0.2, 0.25) is 0 Å². The monoisotopic (exact) mass is 276 g/mol. The summed E-state index contributed by atoms with van der Waals surface area (Å²) in [5.41, 5.74) is 6.65. The lowest BCUT2D eigenvalue weighted by molar-refractivity contribution is -0.144. The third-order valence-corrected chi connectivity index (χ3v) is 4.09. The van der Waals surface area contributed by atoms with E-state index in [1.807, 2.05) is 0 Å². The molecule has 3 N–H and O–H groups in total. The van der Waals surface area contributed by atoms with E-state index in [1.165, 1.54) is 6.92 Å². The molecule has 106 valence electrons. The van der Waals surface area contributed by atoms with Gasteiger partial charge in [0, 0.05) is 31.0 Å². The molecule has 3 rings (SSSR count). The second kappa shape index (κ2) is 4.21. The molecule has 2 aliphatic heterocycles. The Balaban J connectivity index is 2.26. The van der Waals surface area contributed by atoms with E-state index >= 15 is 0 Å². The van der Waals surface area contributed by atoms with E-state index in [0.29, 0.717) is 36.6 Å². The van der Waals surface area contributed by atoms with Gasteiger partial charge in [-0.25, -0.2) is 4.79 Å². The van der Waals surface area contributed by atoms with E-state index in [1.54, 1.807) is 17.0 Å². The topological polar surface area (TPSA) is 92.9 Å². The number of carbonyl (C=O) groups is 2. The molecule has 0 radical (unpaired) electrons. The van der Waals surface area contributed by atoms with Crippen LogP contribution in [-0.2, 0) is 21.5 Å². The van der Waals surface area contributed by atoms with Crippen LogP contribution in [0.15, 0.2) is 12.1 Å². The number of nitrogens with two attached hydrogens (primary N) is 1. The Labute approximate surface area is 116 Å². The number of hydrogen-bond donors (Lipinski definition) is 2. The Kier molecular flexibility index (Phi) is 2.72. The van der Waals surface area contributed by atoms with Crippen molar-refractivity contribution in [3.05, 3.63) is 23.3 Å². The Morgan fingerprint density at radius 2 is 2.20 bits per heavy atom. The number of rotatable bonds is 1. The molecule has 2 aliphatic rings. The molecular weight excluding hydrogens is 260 g/mol. The number of benzene rings is 1. The number of ether oxygens (including phenoxy) is 1. The average Bonchev–Trinajstić information content (AvgIpc) is 2.86. The van der Waals surface area contributed by atoms with E-state index in [2.05, 4.69) is 0 Å². The molecule has 0 aromatic heterocycles. The Morgan fingerprint density at radius 1 is 1.45 bits per heavy atom. The first-order valence-corrected chi connectivity index (χ1v) is 6.54. The first-order chi connectivity index (χ1) is 9.45. The minimum atomic E-state index is -1.45. The average molecular weight is 276 g/mol.